The van der Waals surface area contributed by atoms with Crippen molar-refractivity contribution in [1.82, 2.24) is 0 Å². The number of allylic oxidation sites excluding steroid dienone is 1. The van der Waals surface area contributed by atoms with Gasteiger partial charge in [-0.1, -0.05) is 266 Å². The first-order valence-corrected chi connectivity index (χ1v) is 21.9. The molecule has 0 unspecified atom stereocenters. The summed E-state index contributed by atoms with van der Waals surface area (Å²) in [7, 11) is 0. The van der Waals surface area contributed by atoms with E-state index in [-0.39, 0.29) is 189 Å². The minimum atomic E-state index is 0. The van der Waals surface area contributed by atoms with E-state index in [1.165, 1.54) is 27.8 Å². The molecule has 0 N–H and O–H groups in total. The van der Waals surface area contributed by atoms with Crippen LogP contribution >= 0.6 is 0 Å². The third-order valence-corrected chi connectivity index (χ3v) is 6.77. The molecule has 0 saturated carbocycles. The first kappa shape index (κ1) is 108. The van der Waals surface area contributed by atoms with Crippen molar-refractivity contribution in [3.05, 3.63) is 259 Å². The van der Waals surface area contributed by atoms with Gasteiger partial charge >= 0.3 is 21.1 Å². The van der Waals surface area contributed by atoms with Crippen molar-refractivity contribution in [1.29, 1.82) is 0 Å². The molecule has 67 heavy (non-hydrogen) atoms. The molecule has 6 rings (SSSR count). The summed E-state index contributed by atoms with van der Waals surface area (Å²) in [6, 6.07) is 64.9. The minimum Gasteiger partial charge on any atom is -0.358 e. The predicted octanol–water partition coefficient (Wildman–Crippen LogP) is 21.1. The van der Waals surface area contributed by atoms with Crippen LogP contribution in [0.5, 0.6) is 0 Å². The number of hydrogen-bond acceptors (Lipinski definition) is 0. The standard InChI is InChI=1S/C15H16.C9H10.C8H10.C7H8.C6H5.6C2H6.5CH3.W.4Y/c1-2-15(13-9-5-3-6-10-13)14-11-7-4-8-12-14;1-2-6-9-7-4-3-5-8-9;1-2-8-6-4-3-5-7-8;1-7-5-3-2-4-6-7;1-2-4-6-5-3-1;6*1-2;;;;;;;;;;/h3-12,15H,2H2,1H3;2-8H,1H3;3-7H,2H2,1H3;2-6H,1H3;1-5H;6*1-2H3;5*1H3;;;;;/q;;;;-1;;;;;;;5*-1;+2;;;;. The largest absolute Gasteiger partial charge is 2.00 e. The second kappa shape index (κ2) is 99.4. The van der Waals surface area contributed by atoms with Gasteiger partial charge in [-0.3, -0.25) is 0 Å². The van der Waals surface area contributed by atoms with Crippen LogP contribution in [0.2, 0.25) is 0 Å². The van der Waals surface area contributed by atoms with Gasteiger partial charge in [-0.2, -0.15) is 36.4 Å². The van der Waals surface area contributed by atoms with Crippen molar-refractivity contribution in [3.63, 3.8) is 0 Å². The van der Waals surface area contributed by atoms with E-state index >= 15 is 0 Å². The van der Waals surface area contributed by atoms with Gasteiger partial charge in [0, 0.05) is 137 Å². The van der Waals surface area contributed by atoms with Crippen molar-refractivity contribution in [3.8, 4) is 0 Å². The molecule has 0 bridgehead atoms. The number of hydrogen-bond donors (Lipinski definition) is 0. The molecular formula is C62H100WY4-4. The van der Waals surface area contributed by atoms with E-state index in [2.05, 4.69) is 142 Å². The zero-order valence-electron chi connectivity index (χ0n) is 47.2. The number of benzene rings is 6. The Morgan fingerprint density at radius 3 is 0.866 bits per heavy atom. The van der Waals surface area contributed by atoms with Crippen molar-refractivity contribution in [2.75, 3.05) is 0 Å². The molecule has 0 spiro atoms. The molecule has 0 aliphatic heterocycles. The minimum absolute atomic E-state index is 0. The Bertz CT molecular complexity index is 1440. The van der Waals surface area contributed by atoms with Crippen LogP contribution in [-0.4, -0.2) is 0 Å². The summed E-state index contributed by atoms with van der Waals surface area (Å²) in [5, 5.41) is 0. The van der Waals surface area contributed by atoms with Gasteiger partial charge in [-0.05, 0) is 48.9 Å². The molecule has 4 radical (unpaired) electrons. The molecule has 0 fully saturated rings. The van der Waals surface area contributed by atoms with Crippen molar-refractivity contribution < 1.29 is 152 Å². The van der Waals surface area contributed by atoms with Gasteiger partial charge in [0.1, 0.15) is 0 Å². The Kier molecular flexibility index (Phi) is 160. The van der Waals surface area contributed by atoms with E-state index in [0.29, 0.717) is 5.92 Å². The van der Waals surface area contributed by atoms with Crippen LogP contribution in [0.3, 0.4) is 0 Å². The molecule has 0 nitrogen and oxygen atoms in total. The monoisotopic (exact) mass is 1380 g/mol. The average Bonchev–Trinajstić information content (AvgIpc) is 3.34. The second-order valence-corrected chi connectivity index (χ2v) is 10.3. The summed E-state index contributed by atoms with van der Waals surface area (Å²) in [5.41, 5.74) is 6.81. The first-order chi connectivity index (χ1) is 28.2. The smallest absolute Gasteiger partial charge is 0.358 e. The maximum atomic E-state index is 2.89. The topological polar surface area (TPSA) is 0 Å². The van der Waals surface area contributed by atoms with Gasteiger partial charge in [0.25, 0.3) is 0 Å². The fraction of sp³-hybridized carbons (Fsp3) is 0.306. The van der Waals surface area contributed by atoms with Crippen LogP contribution in [0.4, 0.5) is 0 Å². The van der Waals surface area contributed by atoms with E-state index in [1.807, 2.05) is 169 Å². The van der Waals surface area contributed by atoms with Crippen LogP contribution in [-0.2, 0) is 158 Å². The van der Waals surface area contributed by atoms with Crippen molar-refractivity contribution in [2.24, 2.45) is 0 Å². The van der Waals surface area contributed by atoms with Crippen LogP contribution in [0.25, 0.3) is 6.08 Å². The summed E-state index contributed by atoms with van der Waals surface area (Å²) in [4.78, 5) is 0. The van der Waals surface area contributed by atoms with E-state index in [0.717, 1.165) is 12.8 Å². The predicted molar refractivity (Wildman–Crippen MR) is 299 cm³/mol. The Balaban J connectivity index is -0.0000000362. The van der Waals surface area contributed by atoms with E-state index < -0.39 is 0 Å². The van der Waals surface area contributed by atoms with Crippen molar-refractivity contribution in [2.45, 2.75) is 130 Å². The van der Waals surface area contributed by atoms with E-state index in [9.17, 15) is 0 Å². The molecule has 0 saturated heterocycles. The molecule has 0 heterocycles. The SMILES string of the molecule is CC.CC.CC.CC.CC.CC.CC=Cc1ccccc1.CCC(c1ccccc1)c1ccccc1.CCc1ccccc1.Cc1ccccc1.[CH3-].[CH3-].[CH3-].[CH3-].[CH3-].[W+2].[Y].[Y].[Y].[Y].[c-]1ccccc1. The summed E-state index contributed by atoms with van der Waals surface area (Å²) in [6.45, 7) is 32.5. The zero-order chi connectivity index (χ0) is 44.2. The third kappa shape index (κ3) is 72.8. The van der Waals surface area contributed by atoms with Gasteiger partial charge in [0.2, 0.25) is 0 Å². The van der Waals surface area contributed by atoms with Gasteiger partial charge in [0.05, 0.1) is 0 Å². The Hall–Kier alpha value is 0.164. The third-order valence-electron chi connectivity index (χ3n) is 6.77. The zero-order valence-corrected chi connectivity index (χ0v) is 61.5. The fourth-order valence-electron chi connectivity index (χ4n) is 4.38. The van der Waals surface area contributed by atoms with Crippen molar-refractivity contribution >= 4 is 6.08 Å². The van der Waals surface area contributed by atoms with Crippen LogP contribution in [0, 0.1) is 50.1 Å². The number of aryl methyl sites for hydroxylation is 2. The normalized spacial score (nSPS) is 7.00. The first-order valence-electron chi connectivity index (χ1n) is 21.9. The van der Waals surface area contributed by atoms with Gasteiger partial charge < -0.3 is 37.1 Å². The van der Waals surface area contributed by atoms with Gasteiger partial charge in [-0.25, -0.2) is 0 Å². The summed E-state index contributed by atoms with van der Waals surface area (Å²) in [6.07, 6.45) is 6.41. The Morgan fingerprint density at radius 1 is 0.403 bits per heavy atom. The average molecular weight is 1380 g/mol. The maximum absolute atomic E-state index is 2.89. The van der Waals surface area contributed by atoms with Gasteiger partial charge in [0.15, 0.2) is 0 Å². The summed E-state index contributed by atoms with van der Waals surface area (Å²) < 4.78 is 0. The fourth-order valence-corrected chi connectivity index (χ4v) is 4.38. The molecule has 0 aliphatic rings. The second-order valence-electron chi connectivity index (χ2n) is 10.3. The van der Waals surface area contributed by atoms with Crippen LogP contribution in [0.1, 0.15) is 144 Å². The molecule has 370 valence electrons. The Morgan fingerprint density at radius 2 is 0.672 bits per heavy atom. The molecule has 0 amide bonds. The Labute approximate surface area is 539 Å². The maximum Gasteiger partial charge on any atom is 2.00 e. The van der Waals surface area contributed by atoms with E-state index in [1.54, 1.807) is 0 Å². The molecule has 6 aromatic carbocycles. The summed E-state index contributed by atoms with van der Waals surface area (Å²) >= 11 is 0. The molecule has 6 aromatic rings. The number of rotatable bonds is 5. The van der Waals surface area contributed by atoms with Gasteiger partial charge in [-0.15, -0.1) is 0 Å². The molecule has 0 aromatic heterocycles. The quantitative estimate of drug-likeness (QED) is 0.151. The molecule has 0 atom stereocenters. The molecule has 5 heteroatoms. The van der Waals surface area contributed by atoms with E-state index in [4.69, 9.17) is 0 Å². The van der Waals surface area contributed by atoms with Crippen LogP contribution < -0.4 is 0 Å². The molecule has 0 aliphatic carbocycles. The summed E-state index contributed by atoms with van der Waals surface area (Å²) in [5.74, 6) is 0.535. The van der Waals surface area contributed by atoms with Crippen LogP contribution in [0.15, 0.2) is 188 Å². The molecular weight excluding hydrogens is 1280 g/mol.